The molecule has 3 rings (SSSR count). The van der Waals surface area contributed by atoms with Gasteiger partial charge in [-0.15, -0.1) is 0 Å². The molecule has 1 heterocycles. The van der Waals surface area contributed by atoms with Crippen LogP contribution in [0.4, 0.5) is 0 Å². The SMILES string of the molecule is CC(C)C(=O)c1c(O)cc(O)c2c1O[C@@]1(C)CC[C@H](O)C(C)(C)[C@@H]1C2. The van der Waals surface area contributed by atoms with Crippen LogP contribution in [0.25, 0.3) is 0 Å². The van der Waals surface area contributed by atoms with E-state index >= 15 is 0 Å². The number of ether oxygens (including phenoxy) is 1. The molecule has 1 fully saturated rings. The number of hydrogen-bond acceptors (Lipinski definition) is 5. The van der Waals surface area contributed by atoms with E-state index in [0.717, 1.165) is 0 Å². The lowest BCUT2D eigenvalue weighted by Gasteiger charge is -2.55. The van der Waals surface area contributed by atoms with E-state index < -0.39 is 11.7 Å². The molecular weight excluding hydrogens is 320 g/mol. The smallest absolute Gasteiger partial charge is 0.172 e. The standard InChI is InChI=1S/C20H28O5/c1-10(2)17(24)16-13(22)9-12(21)11-8-14-19(3,4)15(23)6-7-20(14,5)25-18(11)16/h9-10,14-15,21-23H,6-8H2,1-5H3/t14-,15-,20-/m0/s1. The molecule has 0 aromatic heterocycles. The van der Waals surface area contributed by atoms with Crippen molar-refractivity contribution in [1.82, 2.24) is 0 Å². The second-order valence-electron chi connectivity index (χ2n) is 8.66. The molecule has 3 atom stereocenters. The van der Waals surface area contributed by atoms with Crippen molar-refractivity contribution in [2.75, 3.05) is 0 Å². The minimum atomic E-state index is -0.554. The Morgan fingerprint density at radius 3 is 2.48 bits per heavy atom. The Hall–Kier alpha value is -1.75. The summed E-state index contributed by atoms with van der Waals surface area (Å²) in [6.07, 6.45) is 1.34. The molecule has 138 valence electrons. The number of carbonyl (C=O) groups is 1. The van der Waals surface area contributed by atoms with Gasteiger partial charge in [0.1, 0.15) is 28.4 Å². The number of fused-ring (bicyclic) bond motifs is 2. The van der Waals surface area contributed by atoms with Crippen molar-refractivity contribution < 1.29 is 24.9 Å². The summed E-state index contributed by atoms with van der Waals surface area (Å²) >= 11 is 0. The number of rotatable bonds is 2. The third-order valence-electron chi connectivity index (χ3n) is 6.26. The van der Waals surface area contributed by atoms with Gasteiger partial charge in [-0.1, -0.05) is 27.7 Å². The largest absolute Gasteiger partial charge is 0.507 e. The maximum atomic E-state index is 12.6. The molecule has 0 amide bonds. The summed E-state index contributed by atoms with van der Waals surface area (Å²) in [6.45, 7) is 9.58. The first-order valence-electron chi connectivity index (χ1n) is 8.98. The van der Waals surface area contributed by atoms with Crippen molar-refractivity contribution in [2.24, 2.45) is 17.3 Å². The van der Waals surface area contributed by atoms with E-state index in [-0.39, 0.29) is 40.1 Å². The Kier molecular flexibility index (Phi) is 4.06. The summed E-state index contributed by atoms with van der Waals surface area (Å²) < 4.78 is 6.32. The first-order valence-corrected chi connectivity index (χ1v) is 8.98. The number of phenolic OH excluding ortho intramolecular Hbond substituents is 2. The Bertz CT molecular complexity index is 721. The third-order valence-corrected chi connectivity index (χ3v) is 6.26. The van der Waals surface area contributed by atoms with E-state index in [4.69, 9.17) is 4.74 Å². The quantitative estimate of drug-likeness (QED) is 0.713. The summed E-state index contributed by atoms with van der Waals surface area (Å²) in [5.74, 6) is -0.502. The van der Waals surface area contributed by atoms with Crippen LogP contribution in [0.3, 0.4) is 0 Å². The normalized spacial score (nSPS) is 30.4. The van der Waals surface area contributed by atoms with Crippen molar-refractivity contribution in [3.8, 4) is 17.2 Å². The first-order chi connectivity index (χ1) is 11.5. The van der Waals surface area contributed by atoms with Crippen LogP contribution in [0, 0.1) is 17.3 Å². The van der Waals surface area contributed by atoms with Crippen LogP contribution in [-0.2, 0) is 6.42 Å². The summed E-state index contributed by atoms with van der Waals surface area (Å²) in [5.41, 5.74) is -0.225. The molecular formula is C20H28O5. The fourth-order valence-corrected chi connectivity index (χ4v) is 4.54. The highest BCUT2D eigenvalue weighted by Gasteiger charge is 2.55. The summed E-state index contributed by atoms with van der Waals surface area (Å²) in [7, 11) is 0. The average Bonchev–Trinajstić information content (AvgIpc) is 2.50. The zero-order chi connectivity index (χ0) is 18.7. The lowest BCUT2D eigenvalue weighted by molar-refractivity contribution is -0.138. The molecule has 1 aromatic rings. The fraction of sp³-hybridized carbons (Fsp3) is 0.650. The third kappa shape index (κ3) is 2.60. The van der Waals surface area contributed by atoms with Crippen molar-refractivity contribution >= 4 is 5.78 Å². The van der Waals surface area contributed by atoms with Crippen molar-refractivity contribution in [3.05, 3.63) is 17.2 Å². The number of ketones is 1. The van der Waals surface area contributed by atoms with Gasteiger partial charge in [-0.2, -0.15) is 0 Å². The molecule has 1 saturated carbocycles. The van der Waals surface area contributed by atoms with Gasteiger partial charge in [-0.05, 0) is 31.6 Å². The van der Waals surface area contributed by atoms with Gasteiger partial charge in [0.2, 0.25) is 0 Å². The van der Waals surface area contributed by atoms with Crippen LogP contribution in [0.5, 0.6) is 17.2 Å². The molecule has 25 heavy (non-hydrogen) atoms. The molecule has 0 saturated heterocycles. The molecule has 3 N–H and O–H groups in total. The molecule has 1 aliphatic carbocycles. The van der Waals surface area contributed by atoms with Gasteiger partial charge in [-0.25, -0.2) is 0 Å². The highest BCUT2D eigenvalue weighted by atomic mass is 16.5. The minimum absolute atomic E-state index is 0.00584. The average molecular weight is 348 g/mol. The summed E-state index contributed by atoms with van der Waals surface area (Å²) in [6, 6.07) is 1.23. The maximum Gasteiger partial charge on any atom is 0.172 e. The summed E-state index contributed by atoms with van der Waals surface area (Å²) in [4.78, 5) is 12.6. The Labute approximate surface area is 148 Å². The Balaban J connectivity index is 2.18. The van der Waals surface area contributed by atoms with E-state index in [1.165, 1.54) is 6.07 Å². The Morgan fingerprint density at radius 1 is 1.24 bits per heavy atom. The number of Topliss-reactive ketones (excluding diaryl/α,β-unsaturated/α-hetero) is 1. The lowest BCUT2D eigenvalue weighted by atomic mass is 9.57. The summed E-state index contributed by atoms with van der Waals surface area (Å²) in [5, 5.41) is 31.1. The van der Waals surface area contributed by atoms with Gasteiger partial charge < -0.3 is 20.1 Å². The molecule has 0 spiro atoms. The zero-order valence-electron chi connectivity index (χ0n) is 15.6. The van der Waals surface area contributed by atoms with E-state index in [1.54, 1.807) is 13.8 Å². The molecule has 0 unspecified atom stereocenters. The maximum absolute atomic E-state index is 12.6. The number of hydrogen-bond donors (Lipinski definition) is 3. The van der Waals surface area contributed by atoms with E-state index in [2.05, 4.69) is 0 Å². The minimum Gasteiger partial charge on any atom is -0.507 e. The first kappa shape index (κ1) is 18.1. The van der Waals surface area contributed by atoms with Crippen LogP contribution in [0.15, 0.2) is 6.07 Å². The predicted molar refractivity (Wildman–Crippen MR) is 94.2 cm³/mol. The molecule has 5 heteroatoms. The van der Waals surface area contributed by atoms with Crippen LogP contribution in [0.2, 0.25) is 0 Å². The van der Waals surface area contributed by atoms with E-state index in [9.17, 15) is 20.1 Å². The van der Waals surface area contributed by atoms with E-state index in [1.807, 2.05) is 20.8 Å². The topological polar surface area (TPSA) is 87.0 Å². The van der Waals surface area contributed by atoms with E-state index in [0.29, 0.717) is 30.6 Å². The van der Waals surface area contributed by atoms with Crippen LogP contribution < -0.4 is 4.74 Å². The molecule has 0 radical (unpaired) electrons. The van der Waals surface area contributed by atoms with Gasteiger partial charge >= 0.3 is 0 Å². The second kappa shape index (κ2) is 5.63. The zero-order valence-corrected chi connectivity index (χ0v) is 15.6. The van der Waals surface area contributed by atoms with Crippen molar-refractivity contribution in [1.29, 1.82) is 0 Å². The molecule has 0 bridgehead atoms. The molecule has 2 aliphatic rings. The highest BCUT2D eigenvalue weighted by molar-refractivity contribution is 6.03. The molecule has 1 aliphatic heterocycles. The van der Waals surface area contributed by atoms with Crippen LogP contribution >= 0.6 is 0 Å². The Morgan fingerprint density at radius 2 is 1.88 bits per heavy atom. The van der Waals surface area contributed by atoms with Gasteiger partial charge in [0.25, 0.3) is 0 Å². The second-order valence-corrected chi connectivity index (χ2v) is 8.66. The lowest BCUT2D eigenvalue weighted by Crippen LogP contribution is -2.58. The number of phenols is 2. The van der Waals surface area contributed by atoms with Crippen molar-refractivity contribution in [2.45, 2.75) is 65.6 Å². The van der Waals surface area contributed by atoms with Crippen LogP contribution in [-0.4, -0.2) is 32.8 Å². The monoisotopic (exact) mass is 348 g/mol. The highest BCUT2D eigenvalue weighted by Crippen LogP contribution is 2.56. The predicted octanol–water partition coefficient (Wildman–Crippen LogP) is 3.43. The van der Waals surface area contributed by atoms with Gasteiger partial charge in [0, 0.05) is 23.5 Å². The van der Waals surface area contributed by atoms with Gasteiger partial charge in [0.15, 0.2) is 5.78 Å². The number of benzene rings is 1. The number of aliphatic hydroxyl groups is 1. The van der Waals surface area contributed by atoms with Crippen molar-refractivity contribution in [3.63, 3.8) is 0 Å². The number of aliphatic hydroxyl groups excluding tert-OH is 1. The fourth-order valence-electron chi connectivity index (χ4n) is 4.54. The number of carbonyl (C=O) groups excluding carboxylic acids is 1. The molecule has 1 aromatic carbocycles. The number of aromatic hydroxyl groups is 2. The van der Waals surface area contributed by atoms with Crippen LogP contribution in [0.1, 0.15) is 63.4 Å². The van der Waals surface area contributed by atoms with Gasteiger partial charge in [0.05, 0.1) is 6.10 Å². The van der Waals surface area contributed by atoms with Gasteiger partial charge in [-0.3, -0.25) is 4.79 Å². The molecule has 5 nitrogen and oxygen atoms in total.